The molecule has 13 heteroatoms. The van der Waals surface area contributed by atoms with Crippen molar-refractivity contribution in [3.05, 3.63) is 115 Å². The first kappa shape index (κ1) is 31.2. The largest absolute Gasteiger partial charge is 0.397 e. The molecule has 0 radical (unpaired) electrons. The summed E-state index contributed by atoms with van der Waals surface area (Å²) in [4.78, 5) is 12.9. The van der Waals surface area contributed by atoms with E-state index in [1.165, 1.54) is 6.20 Å². The highest BCUT2D eigenvalue weighted by molar-refractivity contribution is 5.62. The molecule has 46 heavy (non-hydrogen) atoms. The fourth-order valence-corrected chi connectivity index (χ4v) is 4.47. The fourth-order valence-electron chi connectivity index (χ4n) is 4.47. The number of aryl methyl sites for hydroxylation is 1. The minimum Gasteiger partial charge on any atom is -0.397 e. The second-order valence-electron chi connectivity index (χ2n) is 10.2. The summed E-state index contributed by atoms with van der Waals surface area (Å²) in [6.07, 6.45) is 5.06. The predicted octanol–water partition coefficient (Wildman–Crippen LogP) is 3.94. The van der Waals surface area contributed by atoms with Crippen LogP contribution in [0.5, 0.6) is 0 Å². The second kappa shape index (κ2) is 15.5. The molecular formula is C33H35N13. The molecule has 6 aromatic rings. The molecule has 6 N–H and O–H groups in total. The van der Waals surface area contributed by atoms with Gasteiger partial charge in [-0.25, -0.2) is 9.97 Å². The zero-order valence-corrected chi connectivity index (χ0v) is 25.4. The number of hydrogen-bond donors (Lipinski definition) is 3. The van der Waals surface area contributed by atoms with Gasteiger partial charge in [0.05, 0.1) is 23.3 Å². The monoisotopic (exact) mass is 613 g/mol. The summed E-state index contributed by atoms with van der Waals surface area (Å²) in [5.74, 6) is 2.58. The summed E-state index contributed by atoms with van der Waals surface area (Å²) in [6, 6.07) is 29.0. The highest BCUT2D eigenvalue weighted by Crippen LogP contribution is 2.19. The maximum Gasteiger partial charge on any atom is 0.225 e. The van der Waals surface area contributed by atoms with E-state index in [4.69, 9.17) is 17.2 Å². The van der Waals surface area contributed by atoms with E-state index in [1.54, 1.807) is 18.5 Å². The Bertz CT molecular complexity index is 1780. The summed E-state index contributed by atoms with van der Waals surface area (Å²) in [5, 5.41) is 23.7. The van der Waals surface area contributed by atoms with Crippen LogP contribution in [0.15, 0.2) is 110 Å². The Balaban J connectivity index is 0.000000139. The van der Waals surface area contributed by atoms with Crippen LogP contribution in [0.2, 0.25) is 0 Å². The average molecular weight is 614 g/mol. The zero-order valence-electron chi connectivity index (χ0n) is 25.4. The van der Waals surface area contributed by atoms with Crippen LogP contribution in [-0.2, 0) is 0 Å². The van der Waals surface area contributed by atoms with E-state index >= 15 is 0 Å². The first-order chi connectivity index (χ1) is 22.5. The summed E-state index contributed by atoms with van der Waals surface area (Å²) >= 11 is 0. The molecule has 0 amide bonds. The van der Waals surface area contributed by atoms with Gasteiger partial charge in [-0.2, -0.15) is 10.2 Å². The van der Waals surface area contributed by atoms with Crippen LogP contribution < -0.4 is 27.0 Å². The molecule has 0 aliphatic carbocycles. The maximum atomic E-state index is 5.59. The van der Waals surface area contributed by atoms with Gasteiger partial charge in [-0.15, -0.1) is 20.4 Å². The number of piperazine rings is 1. The van der Waals surface area contributed by atoms with Gasteiger partial charge in [0, 0.05) is 49.7 Å². The molecule has 0 atom stereocenters. The van der Waals surface area contributed by atoms with Crippen LogP contribution in [-0.4, -0.2) is 66.7 Å². The summed E-state index contributed by atoms with van der Waals surface area (Å²) in [7, 11) is 0. The van der Waals surface area contributed by atoms with E-state index in [1.807, 2.05) is 91.9 Å². The lowest BCUT2D eigenvalue weighted by Gasteiger charge is -2.35. The van der Waals surface area contributed by atoms with E-state index in [0.717, 1.165) is 66.0 Å². The number of hydrogen-bond acceptors (Lipinski definition) is 13. The van der Waals surface area contributed by atoms with Crippen molar-refractivity contribution in [3.63, 3.8) is 0 Å². The van der Waals surface area contributed by atoms with E-state index in [0.29, 0.717) is 17.3 Å². The second-order valence-corrected chi connectivity index (χ2v) is 10.2. The summed E-state index contributed by atoms with van der Waals surface area (Å²) in [5.41, 5.74) is 22.1. The Kier molecular flexibility index (Phi) is 10.5. The Morgan fingerprint density at radius 1 is 0.587 bits per heavy atom. The van der Waals surface area contributed by atoms with Crippen LogP contribution >= 0.6 is 0 Å². The van der Waals surface area contributed by atoms with Crippen molar-refractivity contribution in [2.75, 3.05) is 53.2 Å². The number of nitrogens with zero attached hydrogens (tertiary/aromatic N) is 10. The maximum absolute atomic E-state index is 5.59. The highest BCUT2D eigenvalue weighted by Gasteiger charge is 2.19. The Hall–Kier alpha value is -6.24. The van der Waals surface area contributed by atoms with Gasteiger partial charge in [0.1, 0.15) is 11.6 Å². The third-order valence-electron chi connectivity index (χ3n) is 6.95. The fraction of sp³-hybridized carbons (Fsp3) is 0.152. The lowest BCUT2D eigenvalue weighted by atomic mass is 10.1. The lowest BCUT2D eigenvalue weighted by molar-refractivity contribution is 0.631. The van der Waals surface area contributed by atoms with Crippen molar-refractivity contribution >= 4 is 29.1 Å². The highest BCUT2D eigenvalue weighted by atomic mass is 15.3. The SMILES string of the molecule is Cc1cc(-c2ccccc2)nnc1N.Nc1ccc(N2CCN(c3ncccn3)CC2)nn1.Nc1cnnc(-c2ccccc2)c1. The molecule has 232 valence electrons. The summed E-state index contributed by atoms with van der Waals surface area (Å²) < 4.78 is 0. The topological polar surface area (TPSA) is 188 Å². The van der Waals surface area contributed by atoms with Crippen LogP contribution in [0.25, 0.3) is 22.5 Å². The Morgan fingerprint density at radius 3 is 1.76 bits per heavy atom. The van der Waals surface area contributed by atoms with Crippen molar-refractivity contribution < 1.29 is 0 Å². The number of nitrogen functional groups attached to an aromatic ring is 3. The van der Waals surface area contributed by atoms with Gasteiger partial charge in [0.15, 0.2) is 5.82 Å². The molecule has 2 aromatic carbocycles. The summed E-state index contributed by atoms with van der Waals surface area (Å²) in [6.45, 7) is 5.41. The van der Waals surface area contributed by atoms with Crippen molar-refractivity contribution in [3.8, 4) is 22.5 Å². The molecule has 13 nitrogen and oxygen atoms in total. The van der Waals surface area contributed by atoms with Crippen molar-refractivity contribution in [2.45, 2.75) is 6.92 Å². The predicted molar refractivity (Wildman–Crippen MR) is 181 cm³/mol. The van der Waals surface area contributed by atoms with Crippen molar-refractivity contribution in [1.29, 1.82) is 0 Å². The van der Waals surface area contributed by atoms with Gasteiger partial charge in [-0.3, -0.25) is 0 Å². The first-order valence-corrected chi connectivity index (χ1v) is 14.6. The Morgan fingerprint density at radius 2 is 1.20 bits per heavy atom. The van der Waals surface area contributed by atoms with E-state index in [2.05, 4.69) is 50.4 Å². The molecule has 0 saturated carbocycles. The molecule has 1 aliphatic heterocycles. The molecule has 1 fully saturated rings. The number of rotatable bonds is 4. The number of anilines is 5. The number of aromatic nitrogens is 8. The van der Waals surface area contributed by atoms with Gasteiger partial charge in [0.2, 0.25) is 5.95 Å². The Labute approximate surface area is 267 Å². The van der Waals surface area contributed by atoms with Gasteiger partial charge in [-0.1, -0.05) is 60.7 Å². The molecule has 4 aromatic heterocycles. The average Bonchev–Trinajstić information content (AvgIpc) is 3.12. The lowest BCUT2D eigenvalue weighted by Crippen LogP contribution is -2.47. The molecular weight excluding hydrogens is 578 g/mol. The normalized spacial score (nSPS) is 12.3. The van der Waals surface area contributed by atoms with E-state index < -0.39 is 0 Å². The van der Waals surface area contributed by atoms with Gasteiger partial charge >= 0.3 is 0 Å². The van der Waals surface area contributed by atoms with Crippen LogP contribution in [0, 0.1) is 6.92 Å². The quantitative estimate of drug-likeness (QED) is 0.260. The minimum atomic E-state index is 0.445. The molecule has 7 rings (SSSR count). The van der Waals surface area contributed by atoms with Crippen LogP contribution in [0.3, 0.4) is 0 Å². The number of nitrogens with two attached hydrogens (primary N) is 3. The van der Waals surface area contributed by atoms with E-state index in [9.17, 15) is 0 Å². The molecule has 0 spiro atoms. The molecule has 0 bridgehead atoms. The zero-order chi connectivity index (χ0) is 32.1. The third-order valence-corrected chi connectivity index (χ3v) is 6.95. The smallest absolute Gasteiger partial charge is 0.225 e. The molecule has 1 saturated heterocycles. The van der Waals surface area contributed by atoms with Crippen molar-refractivity contribution in [1.82, 2.24) is 40.6 Å². The molecule has 5 heterocycles. The van der Waals surface area contributed by atoms with Crippen LogP contribution in [0.4, 0.5) is 29.1 Å². The number of benzene rings is 2. The molecule has 1 aliphatic rings. The third kappa shape index (κ3) is 8.66. The minimum absolute atomic E-state index is 0.445. The van der Waals surface area contributed by atoms with Gasteiger partial charge in [0.25, 0.3) is 0 Å². The van der Waals surface area contributed by atoms with E-state index in [-0.39, 0.29) is 0 Å². The standard InChI is InChI=1S/C12H15N7.C11H11N3.C10H9N3/c13-10-2-3-11(17-16-10)18-6-8-19(9-7-18)12-14-4-1-5-15-12;1-8-7-10(13-14-11(8)12)9-5-3-2-4-6-9;11-9-6-10(13-12-7-9)8-4-2-1-3-5-8/h1-5H,6-9H2,(H2,13,16);2-7H,1H3,(H2,12,14);1-7H,(H2,11,13). The first-order valence-electron chi connectivity index (χ1n) is 14.6. The van der Waals surface area contributed by atoms with Crippen molar-refractivity contribution in [2.24, 2.45) is 0 Å². The van der Waals surface area contributed by atoms with Gasteiger partial charge in [-0.05, 0) is 42.8 Å². The van der Waals surface area contributed by atoms with Gasteiger partial charge < -0.3 is 27.0 Å². The van der Waals surface area contributed by atoms with Crippen LogP contribution in [0.1, 0.15) is 5.56 Å². The molecule has 0 unspecified atom stereocenters.